The van der Waals surface area contributed by atoms with Crippen LogP contribution in [0.2, 0.25) is 0 Å². The first-order valence-corrected chi connectivity index (χ1v) is 11.5. The highest BCUT2D eigenvalue weighted by Crippen LogP contribution is 2.31. The summed E-state index contributed by atoms with van der Waals surface area (Å²) in [6.45, 7) is 17.5. The molecule has 1 aliphatic rings. The molecule has 1 heterocycles. The van der Waals surface area contributed by atoms with Crippen LogP contribution in [0, 0.1) is 5.92 Å². The predicted molar refractivity (Wildman–Crippen MR) is 125 cm³/mol. The van der Waals surface area contributed by atoms with Crippen molar-refractivity contribution in [2.45, 2.75) is 59.8 Å². The van der Waals surface area contributed by atoms with Crippen LogP contribution < -0.4 is 14.8 Å². The van der Waals surface area contributed by atoms with Crippen molar-refractivity contribution in [2.75, 3.05) is 51.8 Å². The molecule has 0 spiro atoms. The molecule has 0 bridgehead atoms. The van der Waals surface area contributed by atoms with Crippen molar-refractivity contribution < 1.29 is 19.0 Å². The molecule has 1 amide bonds. The zero-order valence-electron chi connectivity index (χ0n) is 20.3. The van der Waals surface area contributed by atoms with Crippen molar-refractivity contribution >= 4 is 11.6 Å². The van der Waals surface area contributed by atoms with E-state index in [0.29, 0.717) is 23.8 Å². The molecule has 0 aliphatic carbocycles. The monoisotopic (exact) mass is 435 g/mol. The molecule has 1 aromatic rings. The maximum atomic E-state index is 13.2. The lowest BCUT2D eigenvalue weighted by atomic mass is 9.99. The number of anilines is 1. The predicted octanol–water partition coefficient (Wildman–Crippen LogP) is 3.49. The molecule has 1 saturated heterocycles. The number of carbonyl (C=O) groups excluding carboxylic acids is 1. The number of amides is 1. The van der Waals surface area contributed by atoms with Gasteiger partial charge in [-0.1, -0.05) is 27.7 Å². The van der Waals surface area contributed by atoms with Crippen molar-refractivity contribution in [3.05, 3.63) is 18.2 Å². The van der Waals surface area contributed by atoms with E-state index in [1.165, 1.54) is 0 Å². The zero-order chi connectivity index (χ0) is 23.0. The highest BCUT2D eigenvalue weighted by atomic mass is 16.5. The Morgan fingerprint density at radius 2 is 1.84 bits per heavy atom. The standard InChI is InChI=1S/C24H41N3O4/c1-8-26(9-2)12-13-30-22-14-20(10-11-21(22)29-7)25-24(28)23(17(3)4)27-15-18(5)31-19(6)16-27/h10-11,14,17-19,23H,8-9,12-13,15-16H2,1-7H3,(H,25,28). The second kappa shape index (κ2) is 12.3. The minimum atomic E-state index is -0.220. The van der Waals surface area contributed by atoms with E-state index >= 15 is 0 Å². The third-order valence-electron chi connectivity index (χ3n) is 5.73. The van der Waals surface area contributed by atoms with E-state index in [4.69, 9.17) is 14.2 Å². The number of ether oxygens (including phenoxy) is 3. The number of benzene rings is 1. The van der Waals surface area contributed by atoms with Gasteiger partial charge in [0, 0.05) is 31.4 Å². The van der Waals surface area contributed by atoms with Gasteiger partial charge in [-0.3, -0.25) is 9.69 Å². The Labute approximate surface area is 188 Å². The Bertz CT molecular complexity index is 683. The van der Waals surface area contributed by atoms with Crippen LogP contribution in [0.3, 0.4) is 0 Å². The number of morpholine rings is 1. The van der Waals surface area contributed by atoms with Gasteiger partial charge in [-0.15, -0.1) is 0 Å². The molecule has 1 fully saturated rings. The van der Waals surface area contributed by atoms with Gasteiger partial charge in [-0.25, -0.2) is 0 Å². The summed E-state index contributed by atoms with van der Waals surface area (Å²) in [5.74, 6) is 1.48. The summed E-state index contributed by atoms with van der Waals surface area (Å²) >= 11 is 0. The fourth-order valence-corrected chi connectivity index (χ4v) is 4.24. The van der Waals surface area contributed by atoms with Crippen molar-refractivity contribution in [1.82, 2.24) is 9.80 Å². The molecule has 176 valence electrons. The maximum absolute atomic E-state index is 13.2. The molecular formula is C24H41N3O4. The quantitative estimate of drug-likeness (QED) is 0.574. The highest BCUT2D eigenvalue weighted by molar-refractivity contribution is 5.95. The van der Waals surface area contributed by atoms with Crippen molar-refractivity contribution in [3.63, 3.8) is 0 Å². The van der Waals surface area contributed by atoms with Crippen molar-refractivity contribution in [2.24, 2.45) is 5.92 Å². The maximum Gasteiger partial charge on any atom is 0.242 e. The lowest BCUT2D eigenvalue weighted by molar-refractivity contribution is -0.130. The van der Waals surface area contributed by atoms with Gasteiger partial charge < -0.3 is 24.4 Å². The minimum Gasteiger partial charge on any atom is -0.493 e. The van der Waals surface area contributed by atoms with Crippen LogP contribution in [0.5, 0.6) is 11.5 Å². The average Bonchev–Trinajstić information content (AvgIpc) is 2.70. The number of hydrogen-bond acceptors (Lipinski definition) is 6. The van der Waals surface area contributed by atoms with Crippen molar-refractivity contribution in [3.8, 4) is 11.5 Å². The number of carbonyl (C=O) groups is 1. The molecule has 31 heavy (non-hydrogen) atoms. The van der Waals surface area contributed by atoms with Gasteiger partial charge in [0.2, 0.25) is 5.91 Å². The second-order valence-electron chi connectivity index (χ2n) is 8.63. The number of rotatable bonds is 11. The minimum absolute atomic E-state index is 0.00411. The number of nitrogens with zero attached hydrogens (tertiary/aromatic N) is 2. The molecular weight excluding hydrogens is 394 g/mol. The van der Waals surface area contributed by atoms with Crippen LogP contribution in [-0.2, 0) is 9.53 Å². The molecule has 0 radical (unpaired) electrons. The van der Waals surface area contributed by atoms with Crippen LogP contribution in [0.4, 0.5) is 5.69 Å². The topological polar surface area (TPSA) is 63.3 Å². The fraction of sp³-hybridized carbons (Fsp3) is 0.708. The summed E-state index contributed by atoms with van der Waals surface area (Å²) < 4.78 is 17.3. The molecule has 1 N–H and O–H groups in total. The van der Waals surface area contributed by atoms with Crippen molar-refractivity contribution in [1.29, 1.82) is 0 Å². The molecule has 3 unspecified atom stereocenters. The third-order valence-corrected chi connectivity index (χ3v) is 5.73. The summed E-state index contributed by atoms with van der Waals surface area (Å²) in [5, 5.41) is 3.10. The summed E-state index contributed by atoms with van der Waals surface area (Å²) in [6.07, 6.45) is 0.231. The van der Waals surface area contributed by atoms with E-state index in [0.717, 1.165) is 32.7 Å². The van der Waals surface area contributed by atoms with Gasteiger partial charge in [0.25, 0.3) is 0 Å². The molecule has 1 aliphatic heterocycles. The first-order chi connectivity index (χ1) is 14.8. The van der Waals surface area contributed by atoms with E-state index in [2.05, 4.69) is 56.7 Å². The molecule has 2 rings (SSSR count). The Balaban J connectivity index is 2.09. The Morgan fingerprint density at radius 3 is 2.39 bits per heavy atom. The Kier molecular flexibility index (Phi) is 10.1. The van der Waals surface area contributed by atoms with E-state index < -0.39 is 0 Å². The number of methoxy groups -OCH3 is 1. The van der Waals surface area contributed by atoms with Gasteiger partial charge >= 0.3 is 0 Å². The van der Waals surface area contributed by atoms with Gasteiger partial charge in [0.1, 0.15) is 6.61 Å². The molecule has 0 aromatic heterocycles. The zero-order valence-corrected chi connectivity index (χ0v) is 20.3. The summed E-state index contributed by atoms with van der Waals surface area (Å²) in [4.78, 5) is 17.8. The molecule has 7 heteroatoms. The number of likely N-dealkylation sites (N-methyl/N-ethyl adjacent to an activating group) is 1. The number of hydrogen-bond donors (Lipinski definition) is 1. The Morgan fingerprint density at radius 1 is 1.19 bits per heavy atom. The van der Waals surface area contributed by atoms with Crippen LogP contribution >= 0.6 is 0 Å². The van der Waals surface area contributed by atoms with Gasteiger partial charge in [-0.05, 0) is 45.0 Å². The van der Waals surface area contributed by atoms with Gasteiger partial charge in [0.05, 0.1) is 25.4 Å². The molecule has 1 aromatic carbocycles. The lowest BCUT2D eigenvalue weighted by Gasteiger charge is -2.41. The van der Waals surface area contributed by atoms with Crippen LogP contribution in [-0.4, -0.2) is 80.4 Å². The second-order valence-corrected chi connectivity index (χ2v) is 8.63. The average molecular weight is 436 g/mol. The van der Waals surface area contributed by atoms with Gasteiger partial charge in [0.15, 0.2) is 11.5 Å². The normalized spacial score (nSPS) is 20.7. The first-order valence-electron chi connectivity index (χ1n) is 11.5. The smallest absolute Gasteiger partial charge is 0.242 e. The largest absolute Gasteiger partial charge is 0.493 e. The number of nitrogens with one attached hydrogen (secondary N) is 1. The van der Waals surface area contributed by atoms with Crippen LogP contribution in [0.15, 0.2) is 18.2 Å². The van der Waals surface area contributed by atoms with Crippen LogP contribution in [0.25, 0.3) is 0 Å². The molecule has 7 nitrogen and oxygen atoms in total. The fourth-order valence-electron chi connectivity index (χ4n) is 4.24. The van der Waals surface area contributed by atoms with Crippen LogP contribution in [0.1, 0.15) is 41.5 Å². The van der Waals surface area contributed by atoms with Gasteiger partial charge in [-0.2, -0.15) is 0 Å². The summed E-state index contributed by atoms with van der Waals surface area (Å²) in [6, 6.07) is 5.32. The van der Waals surface area contributed by atoms with E-state index in [1.807, 2.05) is 18.2 Å². The molecule has 3 atom stereocenters. The van der Waals surface area contributed by atoms with E-state index in [1.54, 1.807) is 7.11 Å². The molecule has 0 saturated carbocycles. The SMILES string of the molecule is CCN(CC)CCOc1cc(NC(=O)C(C(C)C)N2CC(C)OC(C)C2)ccc1OC. The summed E-state index contributed by atoms with van der Waals surface area (Å²) in [7, 11) is 1.63. The highest BCUT2D eigenvalue weighted by Gasteiger charge is 2.34. The third kappa shape index (κ3) is 7.37. The van der Waals surface area contributed by atoms with E-state index in [-0.39, 0.29) is 30.1 Å². The van der Waals surface area contributed by atoms with E-state index in [9.17, 15) is 4.79 Å². The first kappa shape index (κ1) is 25.4. The Hall–Kier alpha value is -1.83. The lowest BCUT2D eigenvalue weighted by Crippen LogP contribution is -2.55. The summed E-state index contributed by atoms with van der Waals surface area (Å²) in [5.41, 5.74) is 0.712.